The number of carbonyl (C=O) groups is 2. The van der Waals surface area contributed by atoms with Crippen LogP contribution in [0.4, 0.5) is 4.39 Å². The Morgan fingerprint density at radius 3 is 2.74 bits per heavy atom. The fraction of sp³-hybridized carbons (Fsp3) is 0.476. The van der Waals surface area contributed by atoms with E-state index in [-0.39, 0.29) is 34.3 Å². The highest BCUT2D eigenvalue weighted by molar-refractivity contribution is 8.14. The molecule has 1 saturated carbocycles. The minimum atomic E-state index is -0.604. The lowest BCUT2D eigenvalue weighted by atomic mass is 9.93. The highest BCUT2D eigenvalue weighted by atomic mass is 32.2. The summed E-state index contributed by atoms with van der Waals surface area (Å²) in [5.41, 5.74) is 1.40. The van der Waals surface area contributed by atoms with Crippen LogP contribution >= 0.6 is 11.8 Å². The Hall–Kier alpha value is -1.97. The van der Waals surface area contributed by atoms with Crippen molar-refractivity contribution in [3.63, 3.8) is 0 Å². The van der Waals surface area contributed by atoms with E-state index in [0.29, 0.717) is 25.1 Å². The van der Waals surface area contributed by atoms with Crippen LogP contribution in [0.5, 0.6) is 0 Å². The number of Topliss-reactive ketones (excluding diaryl/α,β-unsaturated/α-hetero) is 1. The molecule has 0 N–H and O–H groups in total. The Bertz CT molecular complexity index is 798. The molecule has 0 spiro atoms. The summed E-state index contributed by atoms with van der Waals surface area (Å²) < 4.78 is 14.5. The number of nitrogens with zero attached hydrogens (tertiary/aromatic N) is 2. The van der Waals surface area contributed by atoms with E-state index >= 15 is 0 Å². The number of hydrogen-bond donors (Lipinski definition) is 0. The van der Waals surface area contributed by atoms with Gasteiger partial charge in [-0.15, -0.1) is 0 Å². The number of thioether (sulfide) groups is 1. The fourth-order valence-electron chi connectivity index (χ4n) is 3.63. The van der Waals surface area contributed by atoms with E-state index in [9.17, 15) is 14.0 Å². The number of hydrogen-bond acceptors (Lipinski definition) is 5. The van der Waals surface area contributed by atoms with Crippen LogP contribution in [-0.4, -0.2) is 34.1 Å². The highest BCUT2D eigenvalue weighted by Crippen LogP contribution is 2.40. The van der Waals surface area contributed by atoms with Gasteiger partial charge in [-0.05, 0) is 30.9 Å². The van der Waals surface area contributed by atoms with Crippen molar-refractivity contribution in [1.29, 1.82) is 5.26 Å². The molecule has 2 atom stereocenters. The van der Waals surface area contributed by atoms with Gasteiger partial charge < -0.3 is 0 Å². The molecule has 0 radical (unpaired) electrons. The zero-order chi connectivity index (χ0) is 19.4. The largest absolute Gasteiger partial charge is 0.297 e. The molecule has 3 rings (SSSR count). The Balaban J connectivity index is 1.89. The molecule has 2 fully saturated rings. The average molecular weight is 386 g/mol. The third kappa shape index (κ3) is 4.85. The van der Waals surface area contributed by atoms with Crippen LogP contribution in [0.3, 0.4) is 0 Å². The number of carbonyl (C=O) groups excluding carboxylic acids is 2. The van der Waals surface area contributed by atoms with Gasteiger partial charge in [-0.1, -0.05) is 36.0 Å². The maximum absolute atomic E-state index is 14.5. The summed E-state index contributed by atoms with van der Waals surface area (Å²) in [4.78, 5) is 26.6. The van der Waals surface area contributed by atoms with Gasteiger partial charge in [0.15, 0.2) is 10.9 Å². The van der Waals surface area contributed by atoms with Crippen molar-refractivity contribution in [1.82, 2.24) is 4.90 Å². The smallest absolute Gasteiger partial charge is 0.186 e. The topological polar surface area (TPSA) is 61.2 Å². The molecule has 1 heterocycles. The predicted molar refractivity (Wildman–Crippen MR) is 103 cm³/mol. The standard InChI is InChI=1S/C21H23FN2O2S/c1-14(25)27-19-10-12-24(13-16(19)5-4-11-23)20(21(26)15-8-9-15)17-6-2-3-7-18(17)22/h2-3,5-7,15,19-20H,4,8-10,12-13H2,1H3/b16-5+. The van der Waals surface area contributed by atoms with Crippen LogP contribution in [-0.2, 0) is 9.59 Å². The van der Waals surface area contributed by atoms with E-state index in [1.54, 1.807) is 18.2 Å². The quantitative estimate of drug-likeness (QED) is 0.691. The zero-order valence-corrected chi connectivity index (χ0v) is 16.2. The summed E-state index contributed by atoms with van der Waals surface area (Å²) in [6.45, 7) is 2.63. The number of likely N-dealkylation sites (tertiary alicyclic amines) is 1. The maximum Gasteiger partial charge on any atom is 0.186 e. The maximum atomic E-state index is 14.5. The molecule has 4 nitrogen and oxygen atoms in total. The lowest BCUT2D eigenvalue weighted by molar-refractivity contribution is -0.126. The normalized spacial score (nSPS) is 23.0. The van der Waals surface area contributed by atoms with Crippen LogP contribution in [0, 0.1) is 23.1 Å². The second-order valence-corrected chi connectivity index (χ2v) is 8.48. The minimum Gasteiger partial charge on any atom is -0.297 e. The van der Waals surface area contributed by atoms with Gasteiger partial charge >= 0.3 is 0 Å². The fourth-order valence-corrected chi connectivity index (χ4v) is 4.58. The second-order valence-electron chi connectivity index (χ2n) is 7.10. The van der Waals surface area contributed by atoms with Gasteiger partial charge in [-0.25, -0.2) is 4.39 Å². The van der Waals surface area contributed by atoms with Gasteiger partial charge in [0.1, 0.15) is 5.82 Å². The van der Waals surface area contributed by atoms with Gasteiger partial charge in [0, 0.05) is 36.7 Å². The first-order valence-corrected chi connectivity index (χ1v) is 10.1. The first-order chi connectivity index (χ1) is 13.0. The molecule has 2 aliphatic rings. The lowest BCUT2D eigenvalue weighted by Gasteiger charge is -2.38. The number of benzene rings is 1. The van der Waals surface area contributed by atoms with E-state index in [0.717, 1.165) is 18.4 Å². The summed E-state index contributed by atoms with van der Waals surface area (Å²) >= 11 is 1.27. The van der Waals surface area contributed by atoms with Crippen molar-refractivity contribution < 1.29 is 14.0 Å². The van der Waals surface area contributed by atoms with Gasteiger partial charge in [0.2, 0.25) is 0 Å². The van der Waals surface area contributed by atoms with Crippen molar-refractivity contribution in [2.45, 2.75) is 43.9 Å². The number of piperidine rings is 1. The molecule has 0 aromatic heterocycles. The zero-order valence-electron chi connectivity index (χ0n) is 15.4. The summed E-state index contributed by atoms with van der Waals surface area (Å²) in [5.74, 6) is -0.262. The molecule has 142 valence electrons. The molecular formula is C21H23FN2O2S. The van der Waals surface area contributed by atoms with E-state index in [2.05, 4.69) is 6.07 Å². The number of halogens is 1. The number of ketones is 1. The van der Waals surface area contributed by atoms with Gasteiger partial charge in [-0.3, -0.25) is 14.5 Å². The molecule has 1 aromatic rings. The van der Waals surface area contributed by atoms with Crippen molar-refractivity contribution in [2.24, 2.45) is 5.92 Å². The first kappa shape index (κ1) is 19.8. The molecule has 0 amide bonds. The number of allylic oxidation sites excluding steroid dienone is 1. The lowest BCUT2D eigenvalue weighted by Crippen LogP contribution is -2.43. The van der Waals surface area contributed by atoms with Crippen LogP contribution in [0.25, 0.3) is 0 Å². The molecule has 0 bridgehead atoms. The predicted octanol–water partition coefficient (Wildman–Crippen LogP) is 4.04. The molecule has 1 aliphatic heterocycles. The number of rotatable bonds is 6. The van der Waals surface area contributed by atoms with E-state index in [1.165, 1.54) is 24.8 Å². The van der Waals surface area contributed by atoms with Crippen LogP contribution in [0.1, 0.15) is 44.2 Å². The summed E-state index contributed by atoms with van der Waals surface area (Å²) in [7, 11) is 0. The molecule has 2 unspecified atom stereocenters. The molecule has 1 aliphatic carbocycles. The van der Waals surface area contributed by atoms with Gasteiger partial charge in [0.25, 0.3) is 0 Å². The monoisotopic (exact) mass is 386 g/mol. The Kier molecular flexibility index (Phi) is 6.46. The van der Waals surface area contributed by atoms with Gasteiger partial charge in [0.05, 0.1) is 18.5 Å². The molecule has 1 saturated heterocycles. The Labute approximate surface area is 163 Å². The van der Waals surface area contributed by atoms with Crippen LogP contribution in [0.2, 0.25) is 0 Å². The number of nitriles is 1. The van der Waals surface area contributed by atoms with Crippen LogP contribution in [0.15, 0.2) is 35.9 Å². The summed E-state index contributed by atoms with van der Waals surface area (Å²) in [6.07, 6.45) is 4.56. The molecule has 1 aromatic carbocycles. The van der Waals surface area contributed by atoms with Gasteiger partial charge in [-0.2, -0.15) is 5.26 Å². The van der Waals surface area contributed by atoms with Crippen molar-refractivity contribution >= 4 is 22.7 Å². The summed E-state index contributed by atoms with van der Waals surface area (Å²) in [6, 6.07) is 7.98. The highest BCUT2D eigenvalue weighted by Gasteiger charge is 2.41. The second kappa shape index (κ2) is 8.81. The first-order valence-electron chi connectivity index (χ1n) is 9.26. The Morgan fingerprint density at radius 2 is 2.11 bits per heavy atom. The summed E-state index contributed by atoms with van der Waals surface area (Å²) in [5, 5.41) is 8.99. The van der Waals surface area contributed by atoms with E-state index in [1.807, 2.05) is 11.0 Å². The van der Waals surface area contributed by atoms with Crippen molar-refractivity contribution in [2.75, 3.05) is 13.1 Å². The Morgan fingerprint density at radius 1 is 1.37 bits per heavy atom. The SMILES string of the molecule is CC(=O)SC1CCN(C(C(=O)C2CC2)c2ccccc2F)C/C1=C\CC#N. The van der Waals surface area contributed by atoms with E-state index < -0.39 is 6.04 Å². The third-order valence-electron chi connectivity index (χ3n) is 5.06. The van der Waals surface area contributed by atoms with Crippen molar-refractivity contribution in [3.8, 4) is 6.07 Å². The van der Waals surface area contributed by atoms with E-state index in [4.69, 9.17) is 5.26 Å². The molecular weight excluding hydrogens is 363 g/mol. The van der Waals surface area contributed by atoms with Crippen LogP contribution < -0.4 is 0 Å². The molecule has 27 heavy (non-hydrogen) atoms. The third-order valence-corrected chi connectivity index (χ3v) is 6.21. The van der Waals surface area contributed by atoms with Crippen molar-refractivity contribution in [3.05, 3.63) is 47.3 Å². The molecule has 6 heteroatoms. The average Bonchev–Trinajstić information content (AvgIpc) is 3.48. The minimum absolute atomic E-state index is 0.0180.